The molecule has 180 valence electrons. The summed E-state index contributed by atoms with van der Waals surface area (Å²) in [6.45, 7) is 22.2. The summed E-state index contributed by atoms with van der Waals surface area (Å²) in [6.07, 6.45) is 0. The first-order valence-corrected chi connectivity index (χ1v) is 17.2. The van der Waals surface area contributed by atoms with Crippen LogP contribution in [0.1, 0.15) is 62.3 Å². The molecule has 1 aliphatic heterocycles. The molecular weight excluding hydrogens is 432 g/mol. The van der Waals surface area contributed by atoms with E-state index in [1.807, 2.05) is 0 Å². The minimum atomic E-state index is -2.73. The maximum absolute atomic E-state index is 7.29. The Morgan fingerprint density at radius 2 is 0.667 bits per heavy atom. The summed E-state index contributed by atoms with van der Waals surface area (Å²) in [7, 11) is -2.94. The van der Waals surface area contributed by atoms with Crippen LogP contribution in [0.15, 0.2) is 0 Å². The van der Waals surface area contributed by atoms with Crippen molar-refractivity contribution in [3.8, 4) is 0 Å². The molecular formula is C21H48O6Si3. The second-order valence-electron chi connectivity index (χ2n) is 11.5. The highest BCUT2D eigenvalue weighted by molar-refractivity contribution is 6.97. The molecule has 0 spiro atoms. The lowest BCUT2D eigenvalue weighted by Gasteiger charge is -2.62. The fourth-order valence-corrected chi connectivity index (χ4v) is 25.4. The van der Waals surface area contributed by atoms with Crippen LogP contribution in [0.25, 0.3) is 0 Å². The molecule has 0 bridgehead atoms. The van der Waals surface area contributed by atoms with E-state index in [9.17, 15) is 0 Å². The van der Waals surface area contributed by atoms with Gasteiger partial charge in [0.15, 0.2) is 0 Å². The van der Waals surface area contributed by atoms with Gasteiger partial charge in [-0.1, -0.05) is 62.3 Å². The van der Waals surface area contributed by atoms with Crippen LogP contribution >= 0.6 is 0 Å². The van der Waals surface area contributed by atoms with E-state index in [-0.39, 0.29) is 15.1 Å². The molecule has 30 heavy (non-hydrogen) atoms. The van der Waals surface area contributed by atoms with Crippen LogP contribution in [-0.2, 0) is 26.6 Å². The van der Waals surface area contributed by atoms with E-state index in [1.54, 1.807) is 21.3 Å². The van der Waals surface area contributed by atoms with Crippen molar-refractivity contribution in [3.63, 3.8) is 0 Å². The lowest BCUT2D eigenvalue weighted by Crippen LogP contribution is -2.77. The normalized spacial score (nSPS) is 31.2. The standard InChI is InChI=1S/C21H48O6Si3/c1-19(2,3)28(16-13-22-10)25-29(17-14-23-11,20(4,5)6)27-30(26-28,18-15-24-12)21(7,8)9/h13-18H2,1-12H3. The van der Waals surface area contributed by atoms with Crippen LogP contribution in [0, 0.1) is 0 Å². The highest BCUT2D eigenvalue weighted by Crippen LogP contribution is 2.58. The van der Waals surface area contributed by atoms with Crippen molar-refractivity contribution in [2.45, 2.75) is 95.6 Å². The smallest absolute Gasteiger partial charge is 0.328 e. The Labute approximate surface area is 189 Å². The summed E-state index contributed by atoms with van der Waals surface area (Å²) in [5.41, 5.74) is 0. The first-order valence-electron chi connectivity index (χ1n) is 11.1. The van der Waals surface area contributed by atoms with Gasteiger partial charge in [-0.25, -0.2) is 0 Å². The van der Waals surface area contributed by atoms with Crippen molar-refractivity contribution in [1.82, 2.24) is 0 Å². The Bertz CT molecular complexity index is 454. The Morgan fingerprint density at radius 3 is 0.800 bits per heavy atom. The van der Waals surface area contributed by atoms with E-state index in [0.717, 1.165) is 18.1 Å². The molecule has 0 aromatic rings. The molecule has 6 nitrogen and oxygen atoms in total. The summed E-state index contributed by atoms with van der Waals surface area (Å²) in [5, 5.41) is -0.368. The number of hydrogen-bond donors (Lipinski definition) is 0. The van der Waals surface area contributed by atoms with Crippen molar-refractivity contribution in [3.05, 3.63) is 0 Å². The average Bonchev–Trinajstić information content (AvgIpc) is 2.60. The van der Waals surface area contributed by atoms with E-state index in [2.05, 4.69) is 62.3 Å². The second kappa shape index (κ2) is 10.1. The van der Waals surface area contributed by atoms with Crippen molar-refractivity contribution in [2.24, 2.45) is 0 Å². The molecule has 1 aliphatic rings. The van der Waals surface area contributed by atoms with E-state index in [0.29, 0.717) is 19.8 Å². The first kappa shape index (κ1) is 28.4. The molecule has 0 aliphatic carbocycles. The highest BCUT2D eigenvalue weighted by Gasteiger charge is 2.71. The van der Waals surface area contributed by atoms with Crippen molar-refractivity contribution in [2.75, 3.05) is 41.2 Å². The quantitative estimate of drug-likeness (QED) is 0.394. The summed E-state index contributed by atoms with van der Waals surface area (Å²) in [5.74, 6) is 0. The zero-order valence-corrected chi connectivity index (χ0v) is 24.7. The van der Waals surface area contributed by atoms with Gasteiger partial charge in [-0.2, -0.15) is 0 Å². The van der Waals surface area contributed by atoms with E-state index in [1.165, 1.54) is 0 Å². The van der Waals surface area contributed by atoms with Gasteiger partial charge in [-0.05, 0) is 0 Å². The summed E-state index contributed by atoms with van der Waals surface area (Å²) < 4.78 is 38.5. The molecule has 0 aromatic heterocycles. The van der Waals surface area contributed by atoms with Crippen LogP contribution in [0.2, 0.25) is 33.2 Å². The van der Waals surface area contributed by atoms with Crippen LogP contribution in [0.4, 0.5) is 0 Å². The molecule has 0 amide bonds. The fourth-order valence-electron chi connectivity index (χ4n) is 3.92. The van der Waals surface area contributed by atoms with Gasteiger partial charge < -0.3 is 26.6 Å². The molecule has 0 N–H and O–H groups in total. The van der Waals surface area contributed by atoms with Gasteiger partial charge in [0.2, 0.25) is 0 Å². The monoisotopic (exact) mass is 480 g/mol. The minimum absolute atomic E-state index is 0.123. The lowest BCUT2D eigenvalue weighted by molar-refractivity contribution is 0.128. The van der Waals surface area contributed by atoms with Gasteiger partial charge in [-0.15, -0.1) is 0 Å². The maximum atomic E-state index is 7.29. The predicted octanol–water partition coefficient (Wildman–Crippen LogP) is 5.72. The van der Waals surface area contributed by atoms with Crippen LogP contribution in [-0.4, -0.2) is 66.8 Å². The summed E-state index contributed by atoms with van der Waals surface area (Å²) in [4.78, 5) is 0. The molecule has 1 fully saturated rings. The van der Waals surface area contributed by atoms with Crippen LogP contribution in [0.5, 0.6) is 0 Å². The average molecular weight is 481 g/mol. The third-order valence-electron chi connectivity index (χ3n) is 6.32. The lowest BCUT2D eigenvalue weighted by atomic mass is 10.2. The van der Waals surface area contributed by atoms with Crippen molar-refractivity contribution < 1.29 is 26.6 Å². The van der Waals surface area contributed by atoms with Gasteiger partial charge in [0.1, 0.15) is 0 Å². The molecule has 0 radical (unpaired) electrons. The zero-order chi connectivity index (χ0) is 23.5. The van der Waals surface area contributed by atoms with Gasteiger partial charge in [0.05, 0.1) is 0 Å². The van der Waals surface area contributed by atoms with Gasteiger partial charge >= 0.3 is 25.7 Å². The molecule has 0 aromatic carbocycles. The summed E-state index contributed by atoms with van der Waals surface area (Å²) >= 11 is 0. The molecule has 0 saturated carbocycles. The second-order valence-corrected chi connectivity index (χ2v) is 24.5. The fraction of sp³-hybridized carbons (Fsp3) is 1.00. The predicted molar refractivity (Wildman–Crippen MR) is 130 cm³/mol. The van der Waals surface area contributed by atoms with Crippen molar-refractivity contribution >= 4 is 25.7 Å². The Kier molecular flexibility index (Phi) is 9.60. The number of hydrogen-bond acceptors (Lipinski definition) is 6. The Morgan fingerprint density at radius 1 is 0.467 bits per heavy atom. The number of rotatable bonds is 9. The Hall–Kier alpha value is 0.411. The molecule has 9 heteroatoms. The van der Waals surface area contributed by atoms with Crippen LogP contribution in [0.3, 0.4) is 0 Å². The highest BCUT2D eigenvalue weighted by atomic mass is 28.5. The van der Waals surface area contributed by atoms with E-state index < -0.39 is 25.7 Å². The van der Waals surface area contributed by atoms with Crippen molar-refractivity contribution in [1.29, 1.82) is 0 Å². The SMILES string of the molecule is COCC[Si]1(C(C)(C)C)O[Si](CCOC)(C(C)(C)C)O[Si](CCOC)(C(C)(C)C)O1. The molecule has 0 atom stereocenters. The van der Waals surface area contributed by atoms with Crippen LogP contribution < -0.4 is 0 Å². The topological polar surface area (TPSA) is 55.4 Å². The molecule has 1 heterocycles. The van der Waals surface area contributed by atoms with E-state index >= 15 is 0 Å². The summed E-state index contributed by atoms with van der Waals surface area (Å²) in [6, 6.07) is 2.39. The number of ether oxygens (including phenoxy) is 3. The van der Waals surface area contributed by atoms with Gasteiger partial charge in [-0.3, -0.25) is 0 Å². The Balaban J connectivity index is 3.79. The molecule has 0 unspecified atom stereocenters. The molecule has 1 saturated heterocycles. The van der Waals surface area contributed by atoms with Gasteiger partial charge in [0.25, 0.3) is 0 Å². The third kappa shape index (κ3) is 5.85. The maximum Gasteiger partial charge on any atom is 0.328 e. The van der Waals surface area contributed by atoms with E-state index in [4.69, 9.17) is 26.6 Å². The largest absolute Gasteiger partial charge is 0.415 e. The first-order chi connectivity index (χ1) is 13.6. The number of methoxy groups -OCH3 is 3. The zero-order valence-electron chi connectivity index (χ0n) is 21.7. The van der Waals surface area contributed by atoms with Gasteiger partial charge in [0, 0.05) is 74.4 Å². The molecule has 1 rings (SSSR count). The third-order valence-corrected chi connectivity index (χ3v) is 23.7. The minimum Gasteiger partial charge on any atom is -0.415 e.